The largest absolute Gasteiger partial charge is 0.496 e. The molecule has 2 rings (SSSR count). The summed E-state index contributed by atoms with van der Waals surface area (Å²) in [5.74, 6) is 0.929. The number of rotatable bonds is 6. The Morgan fingerprint density at radius 3 is 2.62 bits per heavy atom. The van der Waals surface area contributed by atoms with Crippen molar-refractivity contribution in [2.45, 2.75) is 32.9 Å². The van der Waals surface area contributed by atoms with Crippen LogP contribution >= 0.6 is 11.6 Å². The summed E-state index contributed by atoms with van der Waals surface area (Å²) < 4.78 is 5.41. The second-order valence-corrected chi connectivity index (χ2v) is 5.80. The molecule has 0 spiro atoms. The van der Waals surface area contributed by atoms with E-state index >= 15 is 0 Å². The third kappa shape index (κ3) is 4.48. The van der Waals surface area contributed by atoms with Crippen LogP contribution in [0.5, 0.6) is 5.75 Å². The molecule has 0 bridgehead atoms. The average Bonchev–Trinajstić information content (AvgIpc) is 2.48. The summed E-state index contributed by atoms with van der Waals surface area (Å²) in [6.07, 6.45) is 0.911. The molecule has 0 amide bonds. The van der Waals surface area contributed by atoms with Crippen LogP contribution in [0.15, 0.2) is 42.5 Å². The van der Waals surface area contributed by atoms with Crippen LogP contribution in [0, 0.1) is 6.92 Å². The molecule has 0 fully saturated rings. The molecule has 0 saturated heterocycles. The monoisotopic (exact) mass is 303 g/mol. The molecule has 3 heteroatoms. The summed E-state index contributed by atoms with van der Waals surface area (Å²) in [5.41, 5.74) is 3.60. The SMILES string of the molecule is COc1ccc(C)cc1CNC(C)Cc1ccccc1Cl. The number of halogens is 1. The van der Waals surface area contributed by atoms with E-state index in [0.29, 0.717) is 6.04 Å². The van der Waals surface area contributed by atoms with Crippen LogP contribution in [0.2, 0.25) is 5.02 Å². The number of methoxy groups -OCH3 is 1. The third-order valence-corrected chi connectivity index (χ3v) is 3.93. The molecule has 2 aromatic carbocycles. The highest BCUT2D eigenvalue weighted by Gasteiger charge is 2.08. The quantitative estimate of drug-likeness (QED) is 0.855. The van der Waals surface area contributed by atoms with Gasteiger partial charge in [-0.2, -0.15) is 0 Å². The molecule has 2 aromatic rings. The molecule has 2 nitrogen and oxygen atoms in total. The highest BCUT2D eigenvalue weighted by Crippen LogP contribution is 2.20. The third-order valence-electron chi connectivity index (χ3n) is 3.56. The molecule has 0 aliphatic heterocycles. The lowest BCUT2D eigenvalue weighted by atomic mass is 10.1. The second kappa shape index (κ2) is 7.48. The molecule has 0 heterocycles. The maximum atomic E-state index is 6.21. The molecule has 0 saturated carbocycles. The molecule has 1 unspecified atom stereocenters. The van der Waals surface area contributed by atoms with Gasteiger partial charge in [-0.05, 0) is 38.0 Å². The van der Waals surface area contributed by atoms with Gasteiger partial charge in [-0.1, -0.05) is 47.5 Å². The molecule has 21 heavy (non-hydrogen) atoms. The van der Waals surface area contributed by atoms with Gasteiger partial charge >= 0.3 is 0 Å². The van der Waals surface area contributed by atoms with Crippen molar-refractivity contribution in [2.24, 2.45) is 0 Å². The minimum atomic E-state index is 0.343. The molecule has 0 radical (unpaired) electrons. The van der Waals surface area contributed by atoms with Crippen molar-refractivity contribution >= 4 is 11.6 Å². The maximum absolute atomic E-state index is 6.21. The number of benzene rings is 2. The summed E-state index contributed by atoms with van der Waals surface area (Å²) in [6, 6.07) is 14.6. The van der Waals surface area contributed by atoms with E-state index in [1.165, 1.54) is 16.7 Å². The summed E-state index contributed by atoms with van der Waals surface area (Å²) in [5, 5.41) is 4.37. The van der Waals surface area contributed by atoms with Crippen molar-refractivity contribution in [3.05, 3.63) is 64.2 Å². The number of ether oxygens (including phenoxy) is 1. The van der Waals surface area contributed by atoms with Crippen molar-refractivity contribution in [2.75, 3.05) is 7.11 Å². The van der Waals surface area contributed by atoms with Crippen LogP contribution in [0.4, 0.5) is 0 Å². The first-order valence-electron chi connectivity index (χ1n) is 7.20. The molecule has 0 aliphatic carbocycles. The lowest BCUT2D eigenvalue weighted by molar-refractivity contribution is 0.405. The van der Waals surface area contributed by atoms with Crippen molar-refractivity contribution in [1.29, 1.82) is 0 Å². The fourth-order valence-electron chi connectivity index (χ4n) is 2.40. The molecule has 112 valence electrons. The van der Waals surface area contributed by atoms with E-state index in [-0.39, 0.29) is 0 Å². The van der Waals surface area contributed by atoms with Gasteiger partial charge in [0.15, 0.2) is 0 Å². The highest BCUT2D eigenvalue weighted by molar-refractivity contribution is 6.31. The molecule has 0 aliphatic rings. The molecular weight excluding hydrogens is 282 g/mol. The first-order chi connectivity index (χ1) is 10.1. The van der Waals surface area contributed by atoms with E-state index in [0.717, 1.165) is 23.7 Å². The van der Waals surface area contributed by atoms with Gasteiger partial charge in [0, 0.05) is 23.2 Å². The molecule has 1 N–H and O–H groups in total. The Balaban J connectivity index is 1.97. The van der Waals surface area contributed by atoms with E-state index in [2.05, 4.69) is 37.4 Å². The Hall–Kier alpha value is -1.51. The Kier molecular flexibility index (Phi) is 5.66. The van der Waals surface area contributed by atoms with Crippen LogP contribution < -0.4 is 10.1 Å². The average molecular weight is 304 g/mol. The van der Waals surface area contributed by atoms with E-state index in [1.807, 2.05) is 24.3 Å². The van der Waals surface area contributed by atoms with Crippen LogP contribution in [0.3, 0.4) is 0 Å². The van der Waals surface area contributed by atoms with Gasteiger partial charge < -0.3 is 10.1 Å². The normalized spacial score (nSPS) is 12.2. The summed E-state index contributed by atoms with van der Waals surface area (Å²) in [6.45, 7) is 5.05. The minimum Gasteiger partial charge on any atom is -0.496 e. The number of hydrogen-bond donors (Lipinski definition) is 1. The lowest BCUT2D eigenvalue weighted by Crippen LogP contribution is -2.27. The Bertz CT molecular complexity index is 598. The lowest BCUT2D eigenvalue weighted by Gasteiger charge is -2.16. The fraction of sp³-hybridized carbons (Fsp3) is 0.333. The standard InChI is InChI=1S/C18H22ClNO/c1-13-8-9-18(21-3)16(10-13)12-20-14(2)11-15-6-4-5-7-17(15)19/h4-10,14,20H,11-12H2,1-3H3. The number of aryl methyl sites for hydroxylation is 1. The van der Waals surface area contributed by atoms with Crippen molar-refractivity contribution in [3.8, 4) is 5.75 Å². The zero-order chi connectivity index (χ0) is 15.2. The minimum absolute atomic E-state index is 0.343. The fourth-order valence-corrected chi connectivity index (χ4v) is 2.61. The topological polar surface area (TPSA) is 21.3 Å². The summed E-state index contributed by atoms with van der Waals surface area (Å²) >= 11 is 6.21. The number of nitrogens with one attached hydrogen (secondary N) is 1. The van der Waals surface area contributed by atoms with Gasteiger partial charge in [-0.25, -0.2) is 0 Å². The van der Waals surface area contributed by atoms with E-state index in [9.17, 15) is 0 Å². The Morgan fingerprint density at radius 2 is 1.90 bits per heavy atom. The Labute approximate surface area is 132 Å². The molecule has 1 atom stereocenters. The Morgan fingerprint density at radius 1 is 1.14 bits per heavy atom. The predicted molar refractivity (Wildman–Crippen MR) is 89.2 cm³/mol. The van der Waals surface area contributed by atoms with Gasteiger partial charge in [0.2, 0.25) is 0 Å². The van der Waals surface area contributed by atoms with E-state index in [1.54, 1.807) is 7.11 Å². The van der Waals surface area contributed by atoms with Gasteiger partial charge in [0.05, 0.1) is 7.11 Å². The smallest absolute Gasteiger partial charge is 0.123 e. The van der Waals surface area contributed by atoms with Gasteiger partial charge in [0.1, 0.15) is 5.75 Å². The molecular formula is C18H22ClNO. The highest BCUT2D eigenvalue weighted by atomic mass is 35.5. The van der Waals surface area contributed by atoms with Crippen LogP contribution in [-0.2, 0) is 13.0 Å². The van der Waals surface area contributed by atoms with Crippen LogP contribution in [-0.4, -0.2) is 13.2 Å². The summed E-state index contributed by atoms with van der Waals surface area (Å²) in [4.78, 5) is 0. The first kappa shape index (κ1) is 15.9. The zero-order valence-electron chi connectivity index (χ0n) is 12.8. The maximum Gasteiger partial charge on any atom is 0.123 e. The molecule has 0 aromatic heterocycles. The van der Waals surface area contributed by atoms with Gasteiger partial charge in [-0.15, -0.1) is 0 Å². The van der Waals surface area contributed by atoms with Crippen LogP contribution in [0.25, 0.3) is 0 Å². The van der Waals surface area contributed by atoms with Gasteiger partial charge in [0.25, 0.3) is 0 Å². The van der Waals surface area contributed by atoms with Crippen molar-refractivity contribution in [1.82, 2.24) is 5.32 Å². The number of hydrogen-bond acceptors (Lipinski definition) is 2. The van der Waals surface area contributed by atoms with Crippen molar-refractivity contribution < 1.29 is 4.74 Å². The summed E-state index contributed by atoms with van der Waals surface area (Å²) in [7, 11) is 1.71. The predicted octanol–water partition coefficient (Wildman–Crippen LogP) is 4.38. The van der Waals surface area contributed by atoms with Gasteiger partial charge in [-0.3, -0.25) is 0 Å². The first-order valence-corrected chi connectivity index (χ1v) is 7.58. The zero-order valence-corrected chi connectivity index (χ0v) is 13.6. The van der Waals surface area contributed by atoms with E-state index < -0.39 is 0 Å². The van der Waals surface area contributed by atoms with Crippen LogP contribution in [0.1, 0.15) is 23.6 Å². The second-order valence-electron chi connectivity index (χ2n) is 5.39. The van der Waals surface area contributed by atoms with E-state index in [4.69, 9.17) is 16.3 Å². The van der Waals surface area contributed by atoms with Crippen molar-refractivity contribution in [3.63, 3.8) is 0 Å².